The zero-order valence-corrected chi connectivity index (χ0v) is 24.3. The summed E-state index contributed by atoms with van der Waals surface area (Å²) in [5.41, 5.74) is -3.39. The minimum atomic E-state index is -4.90. The Morgan fingerprint density at radius 1 is 0.907 bits per heavy atom. The fourth-order valence-electron chi connectivity index (χ4n) is 5.63. The summed E-state index contributed by atoms with van der Waals surface area (Å²) < 4.78 is 79.2. The highest BCUT2D eigenvalue weighted by molar-refractivity contribution is 5.67. The van der Waals surface area contributed by atoms with Crippen LogP contribution in [0.5, 0.6) is 5.75 Å². The molecule has 0 saturated carbocycles. The van der Waals surface area contributed by atoms with Crippen LogP contribution in [0.25, 0.3) is 11.1 Å². The molecular formula is C33H33F5N2O3. The highest BCUT2D eigenvalue weighted by atomic mass is 19.4. The molecule has 0 aliphatic heterocycles. The second kappa shape index (κ2) is 13.0. The number of halogens is 5. The lowest BCUT2D eigenvalue weighted by Gasteiger charge is -2.26. The van der Waals surface area contributed by atoms with Crippen molar-refractivity contribution < 1.29 is 26.7 Å². The number of hydrogen-bond donors (Lipinski definition) is 0. The topological polar surface area (TPSA) is 53.2 Å². The van der Waals surface area contributed by atoms with Crippen LogP contribution in [0.3, 0.4) is 0 Å². The molecule has 0 aliphatic rings. The van der Waals surface area contributed by atoms with E-state index in [0.717, 1.165) is 45.7 Å². The molecule has 1 aromatic heterocycles. The first-order chi connectivity index (χ1) is 20.4. The Morgan fingerprint density at radius 3 is 2.21 bits per heavy atom. The van der Waals surface area contributed by atoms with Crippen LogP contribution in [0, 0.1) is 24.5 Å². The van der Waals surface area contributed by atoms with Crippen molar-refractivity contribution in [3.05, 3.63) is 122 Å². The van der Waals surface area contributed by atoms with Gasteiger partial charge in [0.2, 0.25) is 0 Å². The van der Waals surface area contributed by atoms with Gasteiger partial charge in [-0.2, -0.15) is 13.2 Å². The van der Waals surface area contributed by atoms with Crippen LogP contribution >= 0.6 is 0 Å². The van der Waals surface area contributed by atoms with Crippen molar-refractivity contribution >= 4 is 0 Å². The van der Waals surface area contributed by atoms with Gasteiger partial charge in [0.25, 0.3) is 5.56 Å². The van der Waals surface area contributed by atoms with E-state index in [-0.39, 0.29) is 41.0 Å². The monoisotopic (exact) mass is 600 g/mol. The molecule has 0 fully saturated rings. The van der Waals surface area contributed by atoms with Crippen LogP contribution in [-0.2, 0) is 19.3 Å². The van der Waals surface area contributed by atoms with Gasteiger partial charge in [-0.25, -0.2) is 13.6 Å². The van der Waals surface area contributed by atoms with Gasteiger partial charge in [0, 0.05) is 29.3 Å². The molecule has 0 aliphatic carbocycles. The lowest BCUT2D eigenvalue weighted by Crippen LogP contribution is -2.44. The summed E-state index contributed by atoms with van der Waals surface area (Å²) in [5.74, 6) is -2.51. The van der Waals surface area contributed by atoms with Gasteiger partial charge in [0.05, 0.1) is 24.8 Å². The zero-order valence-electron chi connectivity index (χ0n) is 24.3. The molecule has 3 aromatic carbocycles. The van der Waals surface area contributed by atoms with Gasteiger partial charge in [0.15, 0.2) is 11.6 Å². The predicted octanol–water partition coefficient (Wildman–Crippen LogP) is 7.56. The lowest BCUT2D eigenvalue weighted by molar-refractivity contribution is -0.138. The number of methoxy groups -OCH3 is 1. The molecule has 0 saturated heterocycles. The van der Waals surface area contributed by atoms with Crippen LogP contribution in [0.15, 0.2) is 76.3 Å². The van der Waals surface area contributed by atoms with Crippen LogP contribution in [-0.4, -0.2) is 16.2 Å². The summed E-state index contributed by atoms with van der Waals surface area (Å²) in [6, 6.07) is 16.0. The van der Waals surface area contributed by atoms with Crippen LogP contribution in [0.2, 0.25) is 0 Å². The third kappa shape index (κ3) is 6.43. The summed E-state index contributed by atoms with van der Waals surface area (Å²) in [7, 11) is 1.25. The number of rotatable bonds is 10. The van der Waals surface area contributed by atoms with Gasteiger partial charge in [-0.1, -0.05) is 75.2 Å². The maximum Gasteiger partial charge on any atom is 0.416 e. The molecule has 43 heavy (non-hydrogen) atoms. The molecule has 4 rings (SSSR count). The molecule has 0 spiro atoms. The molecule has 0 amide bonds. The molecule has 228 valence electrons. The minimum absolute atomic E-state index is 0.00820. The van der Waals surface area contributed by atoms with E-state index in [1.54, 1.807) is 0 Å². The van der Waals surface area contributed by atoms with Crippen LogP contribution in [0.1, 0.15) is 55.0 Å². The van der Waals surface area contributed by atoms with Gasteiger partial charge < -0.3 is 4.74 Å². The van der Waals surface area contributed by atoms with Crippen molar-refractivity contribution in [2.75, 3.05) is 7.11 Å². The van der Waals surface area contributed by atoms with E-state index < -0.39 is 46.7 Å². The molecule has 1 heterocycles. The maximum atomic E-state index is 15.6. The van der Waals surface area contributed by atoms with E-state index >= 15 is 4.39 Å². The Morgan fingerprint density at radius 2 is 1.58 bits per heavy atom. The van der Waals surface area contributed by atoms with Gasteiger partial charge >= 0.3 is 11.9 Å². The molecule has 0 bridgehead atoms. The second-order valence-corrected chi connectivity index (χ2v) is 10.6. The first kappa shape index (κ1) is 31.7. The minimum Gasteiger partial charge on any atom is -0.494 e. The largest absolute Gasteiger partial charge is 0.494 e. The lowest BCUT2D eigenvalue weighted by atomic mass is 9.84. The van der Waals surface area contributed by atoms with Crippen molar-refractivity contribution in [3.63, 3.8) is 0 Å². The molecule has 4 aromatic rings. The summed E-state index contributed by atoms with van der Waals surface area (Å²) in [4.78, 5) is 28.1. The fourth-order valence-corrected chi connectivity index (χ4v) is 5.63. The number of ether oxygens (including phenoxy) is 1. The predicted molar refractivity (Wildman–Crippen MR) is 155 cm³/mol. The van der Waals surface area contributed by atoms with Gasteiger partial charge in [-0.3, -0.25) is 13.9 Å². The Bertz CT molecular complexity index is 1710. The number of benzene rings is 3. The van der Waals surface area contributed by atoms with E-state index in [0.29, 0.717) is 0 Å². The standard InChI is InChI=1S/C33H33F5N2O3/c1-5-11-20(2)24(22-12-7-6-8-13-22)18-40-31(41)29(23-14-9-17-28(43-4)30(23)35)21(3)39(32(40)42)19-25-26(33(36,37)38)15-10-16-27(25)34/h6-10,12-17,20,24H,5,11,18-19H2,1-4H3. The van der Waals surface area contributed by atoms with E-state index in [9.17, 15) is 27.2 Å². The van der Waals surface area contributed by atoms with E-state index in [1.165, 1.54) is 32.2 Å². The zero-order chi connectivity index (χ0) is 31.5. The molecular weight excluding hydrogens is 567 g/mol. The Balaban J connectivity index is 2.03. The third-order valence-electron chi connectivity index (χ3n) is 7.92. The number of alkyl halides is 3. The number of hydrogen-bond acceptors (Lipinski definition) is 3. The number of nitrogens with zero attached hydrogens (tertiary/aromatic N) is 2. The van der Waals surface area contributed by atoms with E-state index in [1.807, 2.05) is 44.2 Å². The summed E-state index contributed by atoms with van der Waals surface area (Å²) in [6.07, 6.45) is -3.29. The Hall–Kier alpha value is -4.21. The van der Waals surface area contributed by atoms with Crippen molar-refractivity contribution in [1.82, 2.24) is 9.13 Å². The highest BCUT2D eigenvalue weighted by Crippen LogP contribution is 2.35. The van der Waals surface area contributed by atoms with Crippen LogP contribution < -0.4 is 16.0 Å². The average Bonchev–Trinajstić information content (AvgIpc) is 2.97. The fraction of sp³-hybridized carbons (Fsp3) is 0.333. The van der Waals surface area contributed by atoms with Crippen molar-refractivity contribution in [2.24, 2.45) is 5.92 Å². The summed E-state index contributed by atoms with van der Waals surface area (Å²) >= 11 is 0. The normalized spacial score (nSPS) is 13.1. The van der Waals surface area contributed by atoms with Crippen molar-refractivity contribution in [3.8, 4) is 16.9 Å². The molecule has 0 N–H and O–H groups in total. The van der Waals surface area contributed by atoms with E-state index in [4.69, 9.17) is 4.74 Å². The smallest absolute Gasteiger partial charge is 0.416 e. The number of aromatic nitrogens is 2. The van der Waals surface area contributed by atoms with Gasteiger partial charge in [-0.05, 0) is 36.6 Å². The third-order valence-corrected chi connectivity index (χ3v) is 7.92. The first-order valence-electron chi connectivity index (χ1n) is 14.0. The average molecular weight is 601 g/mol. The van der Waals surface area contributed by atoms with E-state index in [2.05, 4.69) is 0 Å². The summed E-state index contributed by atoms with van der Waals surface area (Å²) in [6.45, 7) is 4.40. The molecule has 2 unspecified atom stereocenters. The second-order valence-electron chi connectivity index (χ2n) is 10.6. The van der Waals surface area contributed by atoms with Gasteiger partial charge in [0.1, 0.15) is 5.82 Å². The Labute approximate surface area is 246 Å². The highest BCUT2D eigenvalue weighted by Gasteiger charge is 2.35. The van der Waals surface area contributed by atoms with Gasteiger partial charge in [-0.15, -0.1) is 0 Å². The molecule has 10 heteroatoms. The van der Waals surface area contributed by atoms with Crippen LogP contribution in [0.4, 0.5) is 22.0 Å². The summed E-state index contributed by atoms with van der Waals surface area (Å²) in [5, 5.41) is 0. The van der Waals surface area contributed by atoms with Crippen molar-refractivity contribution in [1.29, 1.82) is 0 Å². The SMILES string of the molecule is CCCC(C)C(Cn1c(=O)c(-c2cccc(OC)c2F)c(C)n(Cc2c(F)cccc2C(F)(F)F)c1=O)c1ccccc1. The quantitative estimate of drug-likeness (QED) is 0.177. The molecule has 2 atom stereocenters. The molecule has 0 radical (unpaired) electrons. The first-order valence-corrected chi connectivity index (χ1v) is 14.0. The Kier molecular flexibility index (Phi) is 9.57. The molecule has 5 nitrogen and oxygen atoms in total. The maximum absolute atomic E-state index is 15.6. The van der Waals surface area contributed by atoms with Crippen molar-refractivity contribution in [2.45, 2.75) is 58.8 Å².